The molecule has 1 amide bonds. The lowest BCUT2D eigenvalue weighted by Crippen LogP contribution is -2.38. The summed E-state index contributed by atoms with van der Waals surface area (Å²) in [4.78, 5) is 27.1. The van der Waals surface area contributed by atoms with Gasteiger partial charge in [0.25, 0.3) is 0 Å². The summed E-state index contributed by atoms with van der Waals surface area (Å²) in [5.41, 5.74) is 1.69. The molecule has 0 atom stereocenters. The van der Waals surface area contributed by atoms with Gasteiger partial charge in [0.05, 0.1) is 13.2 Å². The second-order valence-corrected chi connectivity index (χ2v) is 7.93. The van der Waals surface area contributed by atoms with Crippen LogP contribution in [0.3, 0.4) is 0 Å². The maximum Gasteiger partial charge on any atom is 0.342 e. The van der Waals surface area contributed by atoms with Crippen molar-refractivity contribution >= 4 is 11.7 Å². The number of rotatable bonds is 10. The van der Waals surface area contributed by atoms with Crippen molar-refractivity contribution in [1.82, 2.24) is 14.9 Å². The Morgan fingerprint density at radius 2 is 2.03 bits per heavy atom. The van der Waals surface area contributed by atoms with Crippen molar-refractivity contribution in [1.29, 1.82) is 0 Å². The summed E-state index contributed by atoms with van der Waals surface area (Å²) < 4.78 is 7.36. The van der Waals surface area contributed by atoms with E-state index in [0.29, 0.717) is 31.9 Å². The Balaban J connectivity index is 1.78. The zero-order valence-corrected chi connectivity index (χ0v) is 17.8. The highest BCUT2D eigenvalue weighted by Gasteiger charge is 2.27. The second-order valence-electron chi connectivity index (χ2n) is 7.93. The standard InChI is InChI=1S/C21H30N4O4/c1-15-7-8-16(2)18(13-15)29-12-6-9-21(4,5)20(26)22-10-11-24-17(3)23-14-19(24)25(27)28/h7-8,13-14H,6,9-12H2,1-5H3,(H,22,26). The van der Waals surface area contributed by atoms with Gasteiger partial charge in [-0.15, -0.1) is 0 Å². The number of imidazole rings is 1. The monoisotopic (exact) mass is 402 g/mol. The largest absolute Gasteiger partial charge is 0.493 e. The number of hydrogen-bond donors (Lipinski definition) is 1. The minimum Gasteiger partial charge on any atom is -0.493 e. The third-order valence-corrected chi connectivity index (χ3v) is 5.00. The van der Waals surface area contributed by atoms with Crippen LogP contribution in [0.5, 0.6) is 5.75 Å². The van der Waals surface area contributed by atoms with Gasteiger partial charge in [-0.2, -0.15) is 0 Å². The highest BCUT2D eigenvalue weighted by atomic mass is 16.6. The number of aromatic nitrogens is 2. The molecule has 0 saturated carbocycles. The maximum absolute atomic E-state index is 12.5. The lowest BCUT2D eigenvalue weighted by molar-refractivity contribution is -0.392. The van der Waals surface area contributed by atoms with Crippen LogP contribution in [0.1, 0.15) is 43.6 Å². The number of benzene rings is 1. The summed E-state index contributed by atoms with van der Waals surface area (Å²) in [5, 5.41) is 13.9. The fourth-order valence-corrected chi connectivity index (χ4v) is 3.07. The Hall–Kier alpha value is -2.90. The van der Waals surface area contributed by atoms with E-state index in [4.69, 9.17) is 4.74 Å². The highest BCUT2D eigenvalue weighted by Crippen LogP contribution is 2.24. The molecule has 2 rings (SSSR count). The number of ether oxygens (including phenoxy) is 1. The van der Waals surface area contributed by atoms with Crippen LogP contribution in [0.25, 0.3) is 0 Å². The Morgan fingerprint density at radius 3 is 2.72 bits per heavy atom. The first kappa shape index (κ1) is 22.4. The molecule has 0 fully saturated rings. The van der Waals surface area contributed by atoms with Crippen molar-refractivity contribution in [2.45, 2.75) is 54.0 Å². The first-order chi connectivity index (χ1) is 13.6. The molecular weight excluding hydrogens is 372 g/mol. The number of amides is 1. The molecule has 0 radical (unpaired) electrons. The number of carbonyl (C=O) groups excluding carboxylic acids is 1. The van der Waals surface area contributed by atoms with Crippen LogP contribution in [-0.4, -0.2) is 33.5 Å². The molecule has 158 valence electrons. The van der Waals surface area contributed by atoms with E-state index < -0.39 is 10.3 Å². The summed E-state index contributed by atoms with van der Waals surface area (Å²) in [6.07, 6.45) is 2.66. The zero-order chi connectivity index (χ0) is 21.6. The third kappa shape index (κ3) is 6.04. The molecular formula is C21H30N4O4. The summed E-state index contributed by atoms with van der Waals surface area (Å²) in [5.74, 6) is 1.28. The topological polar surface area (TPSA) is 99.3 Å². The normalized spacial score (nSPS) is 11.3. The molecule has 29 heavy (non-hydrogen) atoms. The average molecular weight is 402 g/mol. The van der Waals surface area contributed by atoms with Gasteiger partial charge >= 0.3 is 5.82 Å². The van der Waals surface area contributed by atoms with Gasteiger partial charge in [-0.05, 0) is 48.8 Å². The van der Waals surface area contributed by atoms with E-state index in [9.17, 15) is 14.9 Å². The van der Waals surface area contributed by atoms with Gasteiger partial charge in [-0.3, -0.25) is 4.79 Å². The Kier molecular flexibility index (Phi) is 7.36. The number of carbonyl (C=O) groups is 1. The second kappa shape index (κ2) is 9.54. The highest BCUT2D eigenvalue weighted by molar-refractivity contribution is 5.81. The summed E-state index contributed by atoms with van der Waals surface area (Å²) in [7, 11) is 0. The molecule has 0 saturated heterocycles. The van der Waals surface area contributed by atoms with E-state index >= 15 is 0 Å². The van der Waals surface area contributed by atoms with Gasteiger partial charge in [0, 0.05) is 12.3 Å². The fraction of sp³-hybridized carbons (Fsp3) is 0.524. The van der Waals surface area contributed by atoms with Crippen LogP contribution in [-0.2, 0) is 11.3 Å². The molecule has 1 N–H and O–H groups in total. The minimum atomic E-state index is -0.555. The predicted molar refractivity (Wildman–Crippen MR) is 111 cm³/mol. The molecule has 1 aromatic heterocycles. The SMILES string of the molecule is Cc1ccc(C)c(OCCCC(C)(C)C(=O)NCCn2c([N+](=O)[O-])cnc2C)c1. The smallest absolute Gasteiger partial charge is 0.342 e. The summed E-state index contributed by atoms with van der Waals surface area (Å²) >= 11 is 0. The lowest BCUT2D eigenvalue weighted by atomic mass is 9.87. The van der Waals surface area contributed by atoms with Gasteiger partial charge in [-0.25, -0.2) is 9.55 Å². The van der Waals surface area contributed by atoms with Crippen molar-refractivity contribution in [3.05, 3.63) is 51.5 Å². The molecule has 0 spiro atoms. The van der Waals surface area contributed by atoms with E-state index in [-0.39, 0.29) is 11.7 Å². The van der Waals surface area contributed by atoms with E-state index in [1.54, 1.807) is 6.92 Å². The predicted octanol–water partition coefficient (Wildman–Crippen LogP) is 3.72. The Bertz CT molecular complexity index is 874. The van der Waals surface area contributed by atoms with Gasteiger partial charge < -0.3 is 20.2 Å². The number of aryl methyl sites for hydroxylation is 3. The molecule has 0 aliphatic heterocycles. The van der Waals surface area contributed by atoms with Crippen LogP contribution in [0.4, 0.5) is 5.82 Å². The molecule has 0 aliphatic rings. The molecule has 0 bridgehead atoms. The molecule has 1 aromatic carbocycles. The minimum absolute atomic E-state index is 0.0698. The molecule has 8 nitrogen and oxygen atoms in total. The summed E-state index contributed by atoms with van der Waals surface area (Å²) in [6.45, 7) is 10.7. The number of nitro groups is 1. The number of hydrogen-bond acceptors (Lipinski definition) is 5. The van der Waals surface area contributed by atoms with Crippen molar-refractivity contribution in [3.8, 4) is 5.75 Å². The van der Waals surface area contributed by atoms with Crippen molar-refractivity contribution in [2.75, 3.05) is 13.2 Å². The Labute approximate surface area is 171 Å². The van der Waals surface area contributed by atoms with E-state index in [0.717, 1.165) is 23.3 Å². The number of nitrogens with one attached hydrogen (secondary N) is 1. The van der Waals surface area contributed by atoms with Crippen molar-refractivity contribution < 1.29 is 14.5 Å². The zero-order valence-electron chi connectivity index (χ0n) is 17.8. The van der Waals surface area contributed by atoms with Crippen LogP contribution in [0.15, 0.2) is 24.4 Å². The van der Waals surface area contributed by atoms with Gasteiger partial charge in [0.1, 0.15) is 18.5 Å². The van der Waals surface area contributed by atoms with Crippen LogP contribution in [0.2, 0.25) is 0 Å². The fourth-order valence-electron chi connectivity index (χ4n) is 3.07. The van der Waals surface area contributed by atoms with Crippen molar-refractivity contribution in [3.63, 3.8) is 0 Å². The Morgan fingerprint density at radius 1 is 1.31 bits per heavy atom. The van der Waals surface area contributed by atoms with Crippen LogP contribution in [0, 0.1) is 36.3 Å². The molecule has 0 aliphatic carbocycles. The molecule has 2 aromatic rings. The maximum atomic E-state index is 12.5. The molecule has 0 unspecified atom stereocenters. The van der Waals surface area contributed by atoms with Crippen LogP contribution < -0.4 is 10.1 Å². The molecule has 1 heterocycles. The number of nitrogens with zero attached hydrogens (tertiary/aromatic N) is 3. The van der Waals surface area contributed by atoms with E-state index in [1.165, 1.54) is 10.8 Å². The van der Waals surface area contributed by atoms with E-state index in [2.05, 4.69) is 16.4 Å². The van der Waals surface area contributed by atoms with Crippen LogP contribution >= 0.6 is 0 Å². The first-order valence-corrected chi connectivity index (χ1v) is 9.76. The van der Waals surface area contributed by atoms with E-state index in [1.807, 2.05) is 39.8 Å². The molecule has 8 heteroatoms. The van der Waals surface area contributed by atoms with Gasteiger partial charge in [-0.1, -0.05) is 26.0 Å². The summed E-state index contributed by atoms with van der Waals surface area (Å²) in [6, 6.07) is 6.11. The first-order valence-electron chi connectivity index (χ1n) is 9.76. The third-order valence-electron chi connectivity index (χ3n) is 5.00. The lowest BCUT2D eigenvalue weighted by Gasteiger charge is -2.23. The average Bonchev–Trinajstić information content (AvgIpc) is 3.02. The van der Waals surface area contributed by atoms with Gasteiger partial charge in [0.2, 0.25) is 5.91 Å². The van der Waals surface area contributed by atoms with Crippen molar-refractivity contribution in [2.24, 2.45) is 5.41 Å². The quantitative estimate of drug-likeness (QED) is 0.371. The van der Waals surface area contributed by atoms with Gasteiger partial charge in [0.15, 0.2) is 5.82 Å².